The van der Waals surface area contributed by atoms with Crippen LogP contribution in [0.5, 0.6) is 0 Å². The van der Waals surface area contributed by atoms with Gasteiger partial charge in [-0.1, -0.05) is 28.8 Å². The highest BCUT2D eigenvalue weighted by molar-refractivity contribution is 9.09. The smallest absolute Gasteiger partial charge is 0.294 e. The molecule has 0 amide bonds. The van der Waals surface area contributed by atoms with E-state index in [0.717, 1.165) is 25.7 Å². The second-order valence-corrected chi connectivity index (χ2v) is 3.84. The lowest BCUT2D eigenvalue weighted by atomic mass is 9.98. The van der Waals surface area contributed by atoms with Crippen LogP contribution >= 0.6 is 15.9 Å². The molecule has 1 rings (SSSR count). The molecule has 1 aliphatic rings. The van der Waals surface area contributed by atoms with Crippen LogP contribution in [0.15, 0.2) is 0 Å². The van der Waals surface area contributed by atoms with Crippen LogP contribution in [0.1, 0.15) is 25.7 Å². The summed E-state index contributed by atoms with van der Waals surface area (Å²) < 4.78 is 0. The van der Waals surface area contributed by atoms with Crippen LogP contribution in [-0.4, -0.2) is 16.0 Å². The van der Waals surface area contributed by atoms with Crippen LogP contribution in [0.3, 0.4) is 0 Å². The fourth-order valence-corrected chi connectivity index (χ4v) is 1.97. The Hall–Kier alpha value is -0.320. The van der Waals surface area contributed by atoms with Gasteiger partial charge in [0.2, 0.25) is 0 Å². The minimum atomic E-state index is -0.704. The zero-order chi connectivity index (χ0) is 8.27. The molecule has 64 valence electrons. The SMILES string of the molecule is O=[N+]([O-])OC1CCCCC1Br. The van der Waals surface area contributed by atoms with Gasteiger partial charge in [-0.05, 0) is 12.8 Å². The number of hydrogen-bond donors (Lipinski definition) is 0. The second kappa shape index (κ2) is 3.90. The molecule has 1 fully saturated rings. The Morgan fingerprint density at radius 2 is 2.09 bits per heavy atom. The molecule has 1 saturated carbocycles. The summed E-state index contributed by atoms with van der Waals surface area (Å²) in [6, 6.07) is 0. The van der Waals surface area contributed by atoms with E-state index in [9.17, 15) is 10.1 Å². The molecule has 1 aliphatic carbocycles. The molecule has 0 saturated heterocycles. The maximum absolute atomic E-state index is 9.98. The van der Waals surface area contributed by atoms with E-state index in [1.165, 1.54) is 0 Å². The number of alkyl halides is 1. The van der Waals surface area contributed by atoms with Gasteiger partial charge in [-0.3, -0.25) is 0 Å². The molecule has 5 heteroatoms. The largest absolute Gasteiger partial charge is 0.309 e. The van der Waals surface area contributed by atoms with E-state index in [4.69, 9.17) is 0 Å². The van der Waals surface area contributed by atoms with Gasteiger partial charge in [0.1, 0.15) is 6.10 Å². The van der Waals surface area contributed by atoms with Crippen LogP contribution < -0.4 is 0 Å². The summed E-state index contributed by atoms with van der Waals surface area (Å²) in [7, 11) is 0. The van der Waals surface area contributed by atoms with Gasteiger partial charge in [-0.25, -0.2) is 0 Å². The van der Waals surface area contributed by atoms with Gasteiger partial charge in [0.25, 0.3) is 5.09 Å². The Balaban J connectivity index is 2.35. The summed E-state index contributed by atoms with van der Waals surface area (Å²) in [6.07, 6.45) is 3.68. The van der Waals surface area contributed by atoms with Crippen LogP contribution in [-0.2, 0) is 4.84 Å². The molecular formula is C6H10BrNO3. The first-order chi connectivity index (χ1) is 5.20. The van der Waals surface area contributed by atoms with E-state index in [1.807, 2.05) is 0 Å². The van der Waals surface area contributed by atoms with Crippen molar-refractivity contribution in [1.29, 1.82) is 0 Å². The molecule has 2 unspecified atom stereocenters. The van der Waals surface area contributed by atoms with Gasteiger partial charge in [0, 0.05) is 4.83 Å². The van der Waals surface area contributed by atoms with Crippen molar-refractivity contribution < 1.29 is 9.92 Å². The van der Waals surface area contributed by atoms with Crippen molar-refractivity contribution in [3.8, 4) is 0 Å². The maximum atomic E-state index is 9.98. The van der Waals surface area contributed by atoms with Crippen molar-refractivity contribution in [3.05, 3.63) is 10.1 Å². The normalized spacial score (nSPS) is 31.4. The molecule has 2 atom stereocenters. The fourth-order valence-electron chi connectivity index (χ4n) is 1.28. The summed E-state index contributed by atoms with van der Waals surface area (Å²) in [5.74, 6) is 0. The Morgan fingerprint density at radius 1 is 1.45 bits per heavy atom. The van der Waals surface area contributed by atoms with Crippen molar-refractivity contribution in [1.82, 2.24) is 0 Å². The third kappa shape index (κ3) is 2.65. The van der Waals surface area contributed by atoms with Crippen molar-refractivity contribution >= 4 is 15.9 Å². The first-order valence-corrected chi connectivity index (χ1v) is 4.57. The van der Waals surface area contributed by atoms with Crippen molar-refractivity contribution in [2.75, 3.05) is 0 Å². The summed E-state index contributed by atoms with van der Waals surface area (Å²) in [6.45, 7) is 0. The van der Waals surface area contributed by atoms with Gasteiger partial charge in [-0.15, -0.1) is 10.1 Å². The van der Waals surface area contributed by atoms with E-state index >= 15 is 0 Å². The molecule has 0 aromatic carbocycles. The highest BCUT2D eigenvalue weighted by Crippen LogP contribution is 2.26. The van der Waals surface area contributed by atoms with Crippen LogP contribution in [0.2, 0.25) is 0 Å². The first kappa shape index (κ1) is 8.77. The number of rotatable bonds is 2. The summed E-state index contributed by atoms with van der Waals surface area (Å²) in [5, 5.41) is 9.27. The molecule has 0 radical (unpaired) electrons. The Bertz CT molecular complexity index is 153. The Morgan fingerprint density at radius 3 is 2.64 bits per heavy atom. The molecule has 11 heavy (non-hydrogen) atoms. The van der Waals surface area contributed by atoms with Crippen molar-refractivity contribution in [3.63, 3.8) is 0 Å². The van der Waals surface area contributed by atoms with E-state index in [1.54, 1.807) is 0 Å². The molecule has 0 aromatic heterocycles. The average molecular weight is 224 g/mol. The van der Waals surface area contributed by atoms with E-state index < -0.39 is 5.09 Å². The minimum Gasteiger partial charge on any atom is -0.309 e. The highest BCUT2D eigenvalue weighted by Gasteiger charge is 2.25. The van der Waals surface area contributed by atoms with Crippen molar-refractivity contribution in [2.45, 2.75) is 36.6 Å². The summed E-state index contributed by atoms with van der Waals surface area (Å²) in [5.41, 5.74) is 0. The van der Waals surface area contributed by atoms with Gasteiger partial charge in [0.15, 0.2) is 0 Å². The standard InChI is InChI=1S/C6H10BrNO3/c7-5-3-1-2-4-6(5)11-8(9)10/h5-6H,1-4H2. The highest BCUT2D eigenvalue weighted by atomic mass is 79.9. The van der Waals surface area contributed by atoms with E-state index in [0.29, 0.717) is 0 Å². The second-order valence-electron chi connectivity index (χ2n) is 2.67. The van der Waals surface area contributed by atoms with Gasteiger partial charge < -0.3 is 4.84 Å². The van der Waals surface area contributed by atoms with Gasteiger partial charge >= 0.3 is 0 Å². The van der Waals surface area contributed by atoms with E-state index in [-0.39, 0.29) is 10.9 Å². The van der Waals surface area contributed by atoms with Crippen LogP contribution in [0.25, 0.3) is 0 Å². The van der Waals surface area contributed by atoms with E-state index in [2.05, 4.69) is 20.8 Å². The minimum absolute atomic E-state index is 0.154. The molecule has 0 heterocycles. The lowest BCUT2D eigenvalue weighted by Crippen LogP contribution is -2.29. The quantitative estimate of drug-likeness (QED) is 0.409. The number of hydrogen-bond acceptors (Lipinski definition) is 3. The predicted molar refractivity (Wildman–Crippen MR) is 43.1 cm³/mol. The number of nitrogens with zero attached hydrogens (tertiary/aromatic N) is 1. The molecule has 0 aromatic rings. The molecular weight excluding hydrogens is 214 g/mol. The lowest BCUT2D eigenvalue weighted by molar-refractivity contribution is -0.768. The molecule has 0 bridgehead atoms. The van der Waals surface area contributed by atoms with Gasteiger partial charge in [0.05, 0.1) is 0 Å². The third-order valence-corrected chi connectivity index (χ3v) is 2.89. The predicted octanol–water partition coefficient (Wildman–Crippen LogP) is 1.90. The number of halogens is 1. The first-order valence-electron chi connectivity index (χ1n) is 3.65. The van der Waals surface area contributed by atoms with Gasteiger partial charge in [-0.2, -0.15) is 0 Å². The topological polar surface area (TPSA) is 52.4 Å². The summed E-state index contributed by atoms with van der Waals surface area (Å²) >= 11 is 3.35. The monoisotopic (exact) mass is 223 g/mol. The lowest BCUT2D eigenvalue weighted by Gasteiger charge is -2.24. The zero-order valence-corrected chi connectivity index (χ0v) is 7.62. The Labute approximate surface area is 73.1 Å². The molecule has 0 spiro atoms. The Kier molecular flexibility index (Phi) is 3.11. The van der Waals surface area contributed by atoms with Crippen molar-refractivity contribution in [2.24, 2.45) is 0 Å². The maximum Gasteiger partial charge on any atom is 0.294 e. The molecule has 0 N–H and O–H groups in total. The van der Waals surface area contributed by atoms with Crippen LogP contribution in [0.4, 0.5) is 0 Å². The molecule has 4 nitrogen and oxygen atoms in total. The average Bonchev–Trinajstić information content (AvgIpc) is 1.93. The van der Waals surface area contributed by atoms with Crippen LogP contribution in [0, 0.1) is 10.1 Å². The zero-order valence-electron chi connectivity index (χ0n) is 6.03. The third-order valence-electron chi connectivity index (χ3n) is 1.84. The molecule has 0 aliphatic heterocycles. The summed E-state index contributed by atoms with van der Waals surface area (Å²) in [4.78, 5) is 14.6. The fraction of sp³-hybridized carbons (Fsp3) is 1.00.